The molecule has 1 rings (SSSR count). The molecule has 0 atom stereocenters. The normalized spacial score (nSPS) is 11.1. The summed E-state index contributed by atoms with van der Waals surface area (Å²) in [6.45, 7) is 0. The van der Waals surface area contributed by atoms with Gasteiger partial charge in [0.2, 0.25) is 0 Å². The molecule has 94 valence electrons. The lowest BCUT2D eigenvalue weighted by Gasteiger charge is -2.12. The fourth-order valence-electron chi connectivity index (χ4n) is 1.27. The number of hydrogen-bond acceptors (Lipinski definition) is 3. The summed E-state index contributed by atoms with van der Waals surface area (Å²) < 4.78 is 62.6. The number of aromatic nitrogens is 1. The van der Waals surface area contributed by atoms with Crippen molar-refractivity contribution in [2.45, 2.75) is 19.0 Å². The molecule has 0 aromatic carbocycles. The molecule has 0 saturated carbocycles. The van der Waals surface area contributed by atoms with Gasteiger partial charge in [0.05, 0.1) is 23.7 Å². The Morgan fingerprint density at radius 2 is 1.89 bits per heavy atom. The van der Waals surface area contributed by atoms with Crippen LogP contribution in [0.25, 0.3) is 0 Å². The summed E-state index contributed by atoms with van der Waals surface area (Å²) in [6, 6.07) is 2.85. The maximum absolute atomic E-state index is 12.6. The van der Waals surface area contributed by atoms with Crippen LogP contribution in [0.3, 0.4) is 0 Å². The number of alkyl halides is 5. The van der Waals surface area contributed by atoms with Crippen molar-refractivity contribution in [3.63, 3.8) is 0 Å². The van der Waals surface area contributed by atoms with Gasteiger partial charge in [0, 0.05) is 5.56 Å². The monoisotopic (exact) mass is 261 g/mol. The summed E-state index contributed by atoms with van der Waals surface area (Å²) in [4.78, 5) is 3.18. The predicted octanol–water partition coefficient (Wildman–Crippen LogP) is 2.98. The Hall–Kier alpha value is -2.22. The zero-order valence-electron chi connectivity index (χ0n) is 8.59. The molecule has 1 aromatic rings. The molecule has 0 aliphatic rings. The summed E-state index contributed by atoms with van der Waals surface area (Å²) in [5, 5.41) is 16.9. The van der Waals surface area contributed by atoms with Crippen molar-refractivity contribution in [3.8, 4) is 12.1 Å². The second-order valence-electron chi connectivity index (χ2n) is 3.17. The van der Waals surface area contributed by atoms with Crippen LogP contribution < -0.4 is 0 Å². The van der Waals surface area contributed by atoms with Crippen LogP contribution in [0.2, 0.25) is 0 Å². The second kappa shape index (κ2) is 4.96. The number of nitriles is 2. The standard InChI is InChI=1S/C10H4F5N3/c11-9(12)5-3-6(10(13,14)15)8(4-17)18-7(5)1-2-16/h3,9H,1H2. The average Bonchev–Trinajstić information content (AvgIpc) is 2.27. The summed E-state index contributed by atoms with van der Waals surface area (Å²) in [5.74, 6) is 0. The van der Waals surface area contributed by atoms with Crippen molar-refractivity contribution in [2.75, 3.05) is 0 Å². The third-order valence-corrected chi connectivity index (χ3v) is 2.03. The molecular formula is C10H4F5N3. The molecule has 18 heavy (non-hydrogen) atoms. The van der Waals surface area contributed by atoms with E-state index in [4.69, 9.17) is 10.5 Å². The van der Waals surface area contributed by atoms with E-state index in [2.05, 4.69) is 4.98 Å². The van der Waals surface area contributed by atoms with E-state index in [9.17, 15) is 22.0 Å². The third kappa shape index (κ3) is 2.72. The topological polar surface area (TPSA) is 60.5 Å². The Balaban J connectivity index is 3.54. The van der Waals surface area contributed by atoms with Gasteiger partial charge in [-0.2, -0.15) is 23.7 Å². The minimum atomic E-state index is -4.95. The van der Waals surface area contributed by atoms with E-state index >= 15 is 0 Å². The first-order valence-electron chi connectivity index (χ1n) is 4.47. The number of pyridine rings is 1. The molecule has 0 bridgehead atoms. The number of halogens is 5. The Labute approximate surface area is 98.1 Å². The van der Waals surface area contributed by atoms with Crippen molar-refractivity contribution in [2.24, 2.45) is 0 Å². The molecule has 0 fully saturated rings. The fourth-order valence-corrected chi connectivity index (χ4v) is 1.27. The van der Waals surface area contributed by atoms with E-state index in [1.165, 1.54) is 12.1 Å². The van der Waals surface area contributed by atoms with Gasteiger partial charge < -0.3 is 0 Å². The highest BCUT2D eigenvalue weighted by molar-refractivity contribution is 5.40. The fraction of sp³-hybridized carbons (Fsp3) is 0.300. The largest absolute Gasteiger partial charge is 0.419 e. The molecule has 0 unspecified atom stereocenters. The highest BCUT2D eigenvalue weighted by atomic mass is 19.4. The molecule has 1 aromatic heterocycles. The molecule has 0 aliphatic carbocycles. The highest BCUT2D eigenvalue weighted by Gasteiger charge is 2.36. The van der Waals surface area contributed by atoms with Gasteiger partial charge in [0.1, 0.15) is 6.07 Å². The molecule has 0 radical (unpaired) electrons. The van der Waals surface area contributed by atoms with Gasteiger partial charge in [-0.05, 0) is 6.07 Å². The van der Waals surface area contributed by atoms with Crippen LogP contribution in [0.1, 0.15) is 28.9 Å². The SMILES string of the molecule is N#CCc1nc(C#N)c(C(F)(F)F)cc1C(F)F. The second-order valence-corrected chi connectivity index (χ2v) is 3.17. The zero-order valence-corrected chi connectivity index (χ0v) is 8.59. The lowest BCUT2D eigenvalue weighted by Crippen LogP contribution is -2.13. The van der Waals surface area contributed by atoms with Crippen molar-refractivity contribution in [3.05, 3.63) is 28.6 Å². The first-order valence-corrected chi connectivity index (χ1v) is 4.47. The smallest absolute Gasteiger partial charge is 0.240 e. The first-order chi connectivity index (χ1) is 8.31. The van der Waals surface area contributed by atoms with E-state index in [1.807, 2.05) is 0 Å². The van der Waals surface area contributed by atoms with Gasteiger partial charge in [-0.3, -0.25) is 0 Å². The number of nitrogens with zero attached hydrogens (tertiary/aromatic N) is 3. The Bertz CT molecular complexity index is 536. The van der Waals surface area contributed by atoms with E-state index in [0.717, 1.165) is 0 Å². The van der Waals surface area contributed by atoms with Gasteiger partial charge in [-0.25, -0.2) is 13.8 Å². The third-order valence-electron chi connectivity index (χ3n) is 2.03. The van der Waals surface area contributed by atoms with Crippen LogP contribution in [0.15, 0.2) is 6.07 Å². The molecule has 0 amide bonds. The number of rotatable bonds is 2. The van der Waals surface area contributed by atoms with E-state index < -0.39 is 41.5 Å². The molecule has 0 N–H and O–H groups in total. The Kier molecular flexibility index (Phi) is 3.82. The minimum Gasteiger partial charge on any atom is -0.240 e. The Morgan fingerprint density at radius 3 is 2.28 bits per heavy atom. The van der Waals surface area contributed by atoms with Crippen LogP contribution in [-0.4, -0.2) is 4.98 Å². The highest BCUT2D eigenvalue weighted by Crippen LogP contribution is 2.34. The molecule has 8 heteroatoms. The van der Waals surface area contributed by atoms with Crippen LogP contribution >= 0.6 is 0 Å². The van der Waals surface area contributed by atoms with E-state index in [0.29, 0.717) is 0 Å². The molecule has 3 nitrogen and oxygen atoms in total. The maximum atomic E-state index is 12.6. The molecule has 1 heterocycles. The molecular weight excluding hydrogens is 257 g/mol. The summed E-state index contributed by atoms with van der Waals surface area (Å²) in [5.41, 5.74) is -4.04. The number of hydrogen-bond donors (Lipinski definition) is 0. The van der Waals surface area contributed by atoms with Gasteiger partial charge in [-0.15, -0.1) is 0 Å². The average molecular weight is 261 g/mol. The van der Waals surface area contributed by atoms with Crippen LogP contribution in [0.5, 0.6) is 0 Å². The minimum absolute atomic E-state index is 0.170. The predicted molar refractivity (Wildman–Crippen MR) is 48.2 cm³/mol. The van der Waals surface area contributed by atoms with E-state index in [-0.39, 0.29) is 6.07 Å². The molecule has 0 spiro atoms. The van der Waals surface area contributed by atoms with Gasteiger partial charge in [0.25, 0.3) is 6.43 Å². The van der Waals surface area contributed by atoms with Crippen LogP contribution in [-0.2, 0) is 12.6 Å². The van der Waals surface area contributed by atoms with Crippen molar-refractivity contribution in [1.29, 1.82) is 10.5 Å². The lowest BCUT2D eigenvalue weighted by molar-refractivity contribution is -0.138. The van der Waals surface area contributed by atoms with Gasteiger partial charge in [0.15, 0.2) is 5.69 Å². The van der Waals surface area contributed by atoms with Crippen LogP contribution in [0.4, 0.5) is 22.0 Å². The van der Waals surface area contributed by atoms with Crippen LogP contribution in [0, 0.1) is 22.7 Å². The van der Waals surface area contributed by atoms with Gasteiger partial charge >= 0.3 is 6.18 Å². The summed E-state index contributed by atoms with van der Waals surface area (Å²) >= 11 is 0. The quantitative estimate of drug-likeness (QED) is 0.769. The first kappa shape index (κ1) is 13.8. The van der Waals surface area contributed by atoms with E-state index in [1.54, 1.807) is 0 Å². The molecule has 0 aliphatic heterocycles. The molecule has 0 saturated heterocycles. The Morgan fingerprint density at radius 1 is 1.28 bits per heavy atom. The lowest BCUT2D eigenvalue weighted by atomic mass is 10.1. The zero-order chi connectivity index (χ0) is 13.9. The summed E-state index contributed by atoms with van der Waals surface area (Å²) in [7, 11) is 0. The summed E-state index contributed by atoms with van der Waals surface area (Å²) in [6.07, 6.45) is -8.74. The van der Waals surface area contributed by atoms with Crippen molar-refractivity contribution >= 4 is 0 Å². The van der Waals surface area contributed by atoms with Crippen molar-refractivity contribution < 1.29 is 22.0 Å². The van der Waals surface area contributed by atoms with Crippen molar-refractivity contribution in [1.82, 2.24) is 4.98 Å². The van der Waals surface area contributed by atoms with Gasteiger partial charge in [-0.1, -0.05) is 0 Å². The maximum Gasteiger partial charge on any atom is 0.419 e.